The number of thioether (sulfide) groups is 1. The van der Waals surface area contributed by atoms with Crippen LogP contribution in [0.5, 0.6) is 0 Å². The number of aromatic nitrogens is 1. The van der Waals surface area contributed by atoms with Crippen molar-refractivity contribution in [2.45, 2.75) is 5.51 Å². The molecule has 2 rings (SSSR count). The van der Waals surface area contributed by atoms with Crippen molar-refractivity contribution in [2.24, 2.45) is 0 Å². The first-order chi connectivity index (χ1) is 9.88. The normalized spacial score (nSPS) is 11.6. The van der Waals surface area contributed by atoms with Crippen molar-refractivity contribution in [3.8, 4) is 0 Å². The third kappa shape index (κ3) is 3.97. The molecule has 9 heteroatoms. The number of nitro groups is 1. The van der Waals surface area contributed by atoms with E-state index in [0.717, 1.165) is 0 Å². The second-order valence-electron chi connectivity index (χ2n) is 4.01. The van der Waals surface area contributed by atoms with E-state index >= 15 is 0 Å². The van der Waals surface area contributed by atoms with Crippen molar-refractivity contribution in [3.63, 3.8) is 0 Å². The molecular formula is C12H10F3N3O2S. The molecule has 21 heavy (non-hydrogen) atoms. The Hall–Kier alpha value is -2.03. The number of hydrogen-bond donors (Lipinski definition) is 1. The largest absolute Gasteiger partial charge is 0.441 e. The summed E-state index contributed by atoms with van der Waals surface area (Å²) in [5.74, 6) is -0.158. The quantitative estimate of drug-likeness (QED) is 0.516. The second kappa shape index (κ2) is 6.17. The zero-order valence-corrected chi connectivity index (χ0v) is 11.4. The maximum absolute atomic E-state index is 12.0. The zero-order chi connectivity index (χ0) is 15.5. The van der Waals surface area contributed by atoms with Crippen LogP contribution in [0.3, 0.4) is 0 Å². The van der Waals surface area contributed by atoms with Gasteiger partial charge in [0, 0.05) is 24.6 Å². The molecule has 1 N–H and O–H groups in total. The maximum atomic E-state index is 12.0. The summed E-state index contributed by atoms with van der Waals surface area (Å²) >= 11 is -0.125. The molecule has 0 aliphatic heterocycles. The Morgan fingerprint density at radius 2 is 2.10 bits per heavy atom. The molecule has 2 aromatic rings. The van der Waals surface area contributed by atoms with Gasteiger partial charge in [-0.1, -0.05) is 0 Å². The number of hydrogen-bond acceptors (Lipinski definition) is 5. The lowest BCUT2D eigenvalue weighted by Crippen LogP contribution is -2.10. The minimum Gasteiger partial charge on any atom is -0.382 e. The number of rotatable bonds is 5. The van der Waals surface area contributed by atoms with Crippen molar-refractivity contribution in [1.29, 1.82) is 0 Å². The summed E-state index contributed by atoms with van der Waals surface area (Å²) < 4.78 is 36.1. The molecular weight excluding hydrogens is 307 g/mol. The van der Waals surface area contributed by atoms with Gasteiger partial charge in [0.25, 0.3) is 5.69 Å². The molecule has 1 aromatic heterocycles. The molecule has 0 atom stereocenters. The molecule has 0 saturated carbocycles. The van der Waals surface area contributed by atoms with Gasteiger partial charge in [-0.15, -0.1) is 0 Å². The van der Waals surface area contributed by atoms with Gasteiger partial charge in [0.15, 0.2) is 0 Å². The first-order valence-corrected chi connectivity index (χ1v) is 6.84. The van der Waals surface area contributed by atoms with E-state index in [1.165, 1.54) is 18.3 Å². The summed E-state index contributed by atoms with van der Waals surface area (Å²) in [7, 11) is 0. The third-order valence-electron chi connectivity index (χ3n) is 2.63. The Morgan fingerprint density at radius 3 is 2.76 bits per heavy atom. The van der Waals surface area contributed by atoms with Gasteiger partial charge in [-0.25, -0.2) is 0 Å². The Labute approximate surface area is 121 Å². The van der Waals surface area contributed by atoms with Crippen LogP contribution < -0.4 is 5.32 Å². The van der Waals surface area contributed by atoms with Gasteiger partial charge < -0.3 is 5.32 Å². The lowest BCUT2D eigenvalue weighted by molar-refractivity contribution is -0.383. The Morgan fingerprint density at radius 1 is 1.33 bits per heavy atom. The molecule has 0 bridgehead atoms. The average molecular weight is 317 g/mol. The summed E-state index contributed by atoms with van der Waals surface area (Å²) in [6, 6.07) is 5.88. The van der Waals surface area contributed by atoms with Crippen LogP contribution in [0.1, 0.15) is 0 Å². The van der Waals surface area contributed by atoms with Crippen molar-refractivity contribution in [1.82, 2.24) is 4.98 Å². The van der Waals surface area contributed by atoms with Crippen molar-refractivity contribution in [3.05, 3.63) is 40.6 Å². The molecule has 0 aliphatic carbocycles. The number of fused-ring (bicyclic) bond motifs is 1. The van der Waals surface area contributed by atoms with Crippen molar-refractivity contribution < 1.29 is 18.1 Å². The van der Waals surface area contributed by atoms with E-state index in [2.05, 4.69) is 10.3 Å². The topological polar surface area (TPSA) is 68.1 Å². The van der Waals surface area contributed by atoms with E-state index in [1.54, 1.807) is 12.1 Å². The number of nitrogens with one attached hydrogen (secondary N) is 1. The van der Waals surface area contributed by atoms with Gasteiger partial charge in [0.05, 0.1) is 16.0 Å². The molecule has 0 saturated heterocycles. The van der Waals surface area contributed by atoms with E-state index in [9.17, 15) is 23.3 Å². The van der Waals surface area contributed by atoms with Crippen molar-refractivity contribution >= 4 is 34.0 Å². The molecule has 0 aliphatic rings. The highest BCUT2D eigenvalue weighted by atomic mass is 32.2. The van der Waals surface area contributed by atoms with E-state index in [-0.39, 0.29) is 29.7 Å². The molecule has 1 heterocycles. The maximum Gasteiger partial charge on any atom is 0.441 e. The van der Waals surface area contributed by atoms with E-state index in [0.29, 0.717) is 16.6 Å². The number of benzene rings is 1. The first kappa shape index (κ1) is 15.4. The molecule has 112 valence electrons. The lowest BCUT2D eigenvalue weighted by Gasteiger charge is -2.10. The van der Waals surface area contributed by atoms with Gasteiger partial charge in [-0.05, 0) is 30.0 Å². The number of nitrogens with zero attached hydrogens (tertiary/aromatic N) is 2. The summed E-state index contributed by atoms with van der Waals surface area (Å²) in [5, 5.41) is 14.1. The number of pyridine rings is 1. The molecule has 5 nitrogen and oxygen atoms in total. The first-order valence-electron chi connectivity index (χ1n) is 5.85. The van der Waals surface area contributed by atoms with Crippen LogP contribution in [0.25, 0.3) is 10.9 Å². The summed E-state index contributed by atoms with van der Waals surface area (Å²) in [5.41, 5.74) is -3.52. The van der Waals surface area contributed by atoms with Crippen molar-refractivity contribution in [2.75, 3.05) is 17.6 Å². The highest BCUT2D eigenvalue weighted by Crippen LogP contribution is 2.31. The van der Waals surface area contributed by atoms with Crippen LogP contribution in [0.15, 0.2) is 30.5 Å². The lowest BCUT2D eigenvalue weighted by atomic mass is 10.1. The Balaban J connectivity index is 2.18. The summed E-state index contributed by atoms with van der Waals surface area (Å²) in [6.45, 7) is 0.0770. The fraction of sp³-hybridized carbons (Fsp3) is 0.250. The molecule has 0 amide bonds. The smallest absolute Gasteiger partial charge is 0.382 e. The zero-order valence-electron chi connectivity index (χ0n) is 10.6. The Kier molecular flexibility index (Phi) is 4.51. The van der Waals surface area contributed by atoms with E-state index in [4.69, 9.17) is 0 Å². The van der Waals surface area contributed by atoms with Crippen LogP contribution in [-0.4, -0.2) is 27.7 Å². The number of halogens is 3. The molecule has 0 radical (unpaired) electrons. The SMILES string of the molecule is O=[N+]([O-])c1ccc(NCCSC(F)(F)F)c2ncccc12. The number of non-ortho nitro benzene ring substituents is 1. The minimum absolute atomic E-state index is 0.0770. The molecule has 1 aromatic carbocycles. The predicted octanol–water partition coefficient (Wildman–Crippen LogP) is 3.81. The van der Waals surface area contributed by atoms with Gasteiger partial charge in [-0.2, -0.15) is 13.2 Å². The fourth-order valence-electron chi connectivity index (χ4n) is 1.81. The number of alkyl halides is 3. The van der Waals surface area contributed by atoms with E-state index in [1.807, 2.05) is 0 Å². The predicted molar refractivity (Wildman–Crippen MR) is 75.4 cm³/mol. The van der Waals surface area contributed by atoms with Crippen LogP contribution in [0, 0.1) is 10.1 Å². The van der Waals surface area contributed by atoms with Crippen LogP contribution in [0.4, 0.5) is 24.5 Å². The summed E-state index contributed by atoms with van der Waals surface area (Å²) in [6.07, 6.45) is 1.47. The van der Waals surface area contributed by atoms with Gasteiger partial charge >= 0.3 is 5.51 Å². The van der Waals surface area contributed by atoms with Crippen LogP contribution in [0.2, 0.25) is 0 Å². The van der Waals surface area contributed by atoms with Crippen LogP contribution >= 0.6 is 11.8 Å². The average Bonchev–Trinajstić information content (AvgIpc) is 2.42. The number of anilines is 1. The van der Waals surface area contributed by atoms with Crippen LogP contribution in [-0.2, 0) is 0 Å². The standard InChI is InChI=1S/C12H10F3N3O2S/c13-12(14,15)21-7-6-16-9-3-4-10(18(19)20)8-2-1-5-17-11(8)9/h1-5,16H,6-7H2. The van der Waals surface area contributed by atoms with Gasteiger partial charge in [-0.3, -0.25) is 15.1 Å². The highest BCUT2D eigenvalue weighted by molar-refractivity contribution is 8.00. The number of nitro benzene ring substituents is 1. The molecule has 0 fully saturated rings. The summed E-state index contributed by atoms with van der Waals surface area (Å²) in [4.78, 5) is 14.5. The van der Waals surface area contributed by atoms with Gasteiger partial charge in [0.1, 0.15) is 5.52 Å². The fourth-order valence-corrected chi connectivity index (χ4v) is 2.25. The Bertz CT molecular complexity index is 664. The molecule has 0 unspecified atom stereocenters. The van der Waals surface area contributed by atoms with Gasteiger partial charge in [0.2, 0.25) is 0 Å². The van der Waals surface area contributed by atoms with E-state index < -0.39 is 10.4 Å². The third-order valence-corrected chi connectivity index (χ3v) is 3.36. The monoisotopic (exact) mass is 317 g/mol. The minimum atomic E-state index is -4.27. The highest BCUT2D eigenvalue weighted by Gasteiger charge is 2.27. The molecule has 0 spiro atoms. The second-order valence-corrected chi connectivity index (χ2v) is 5.17.